The van der Waals surface area contributed by atoms with Crippen molar-refractivity contribution in [2.75, 3.05) is 49.0 Å². The van der Waals surface area contributed by atoms with Crippen LogP contribution < -0.4 is 13.9 Å². The molecule has 1 heterocycles. The molecule has 0 radical (unpaired) electrons. The van der Waals surface area contributed by atoms with Gasteiger partial charge in [-0.3, -0.25) is 14.0 Å². The zero-order valence-electron chi connectivity index (χ0n) is 23.4. The fourth-order valence-corrected chi connectivity index (χ4v) is 7.18. The number of ether oxygens (including phenoxy) is 1. The van der Waals surface area contributed by atoms with Crippen LogP contribution in [0.3, 0.4) is 0 Å². The van der Waals surface area contributed by atoms with E-state index >= 15 is 0 Å². The Bertz CT molecular complexity index is 1560. The number of nitrogens with zero attached hydrogens (tertiary/aromatic N) is 4. The molecule has 4 rings (SSSR count). The summed E-state index contributed by atoms with van der Waals surface area (Å²) >= 11 is 7.78. The third-order valence-electron chi connectivity index (χ3n) is 6.70. The number of para-hydroxylation sites is 1. The van der Waals surface area contributed by atoms with E-state index in [2.05, 4.69) is 18.7 Å². The smallest absolute Gasteiger partial charge is 0.264 e. The summed E-state index contributed by atoms with van der Waals surface area (Å²) in [7, 11) is -2.25. The molecule has 41 heavy (non-hydrogen) atoms. The molecule has 0 aliphatic heterocycles. The molecule has 8 nitrogen and oxygen atoms in total. The average molecular weight is 638 g/mol. The van der Waals surface area contributed by atoms with Gasteiger partial charge in [-0.15, -0.1) is 12.4 Å². The van der Waals surface area contributed by atoms with Gasteiger partial charge in [0, 0.05) is 25.2 Å². The number of thiazole rings is 1. The van der Waals surface area contributed by atoms with E-state index in [9.17, 15) is 13.2 Å². The molecule has 0 unspecified atom stereocenters. The van der Waals surface area contributed by atoms with E-state index in [0.717, 1.165) is 17.8 Å². The zero-order valence-corrected chi connectivity index (χ0v) is 26.6. The van der Waals surface area contributed by atoms with E-state index < -0.39 is 10.0 Å². The zero-order chi connectivity index (χ0) is 28.9. The number of methoxy groups -OCH3 is 1. The van der Waals surface area contributed by atoms with Crippen LogP contribution in [0.25, 0.3) is 10.2 Å². The van der Waals surface area contributed by atoms with Gasteiger partial charge in [-0.25, -0.2) is 13.4 Å². The number of carbonyl (C=O) groups is 1. The molecule has 0 bridgehead atoms. The number of hydrogen-bond donors (Lipinski definition) is 0. The summed E-state index contributed by atoms with van der Waals surface area (Å²) in [5.74, 6) is 0.298. The predicted molar refractivity (Wildman–Crippen MR) is 171 cm³/mol. The third-order valence-corrected chi connectivity index (χ3v) is 10.2. The summed E-state index contributed by atoms with van der Waals surface area (Å²) in [6.07, 6.45) is 0. The Kier molecular flexibility index (Phi) is 11.4. The van der Waals surface area contributed by atoms with Crippen LogP contribution in [-0.4, -0.2) is 64.0 Å². The van der Waals surface area contributed by atoms with Gasteiger partial charge in [-0.05, 0) is 68.5 Å². The highest BCUT2D eigenvalue weighted by molar-refractivity contribution is 7.92. The molecule has 4 aromatic rings. The lowest BCUT2D eigenvalue weighted by Gasteiger charge is -2.25. The second-order valence-electron chi connectivity index (χ2n) is 8.94. The van der Waals surface area contributed by atoms with E-state index in [1.807, 2.05) is 6.07 Å². The number of likely N-dealkylation sites (N-methyl/N-ethyl adjacent to an activating group) is 1. The highest BCUT2D eigenvalue weighted by Gasteiger charge is 2.26. The van der Waals surface area contributed by atoms with E-state index in [0.29, 0.717) is 45.8 Å². The molecule has 0 atom stereocenters. The highest BCUT2D eigenvalue weighted by atomic mass is 35.5. The molecule has 0 N–H and O–H groups in total. The van der Waals surface area contributed by atoms with E-state index in [-0.39, 0.29) is 29.8 Å². The number of benzene rings is 3. The molecule has 3 aromatic carbocycles. The average Bonchev–Trinajstić information content (AvgIpc) is 3.42. The van der Waals surface area contributed by atoms with Crippen molar-refractivity contribution in [1.29, 1.82) is 0 Å². The Balaban J connectivity index is 0.00000462. The van der Waals surface area contributed by atoms with Crippen molar-refractivity contribution in [2.24, 2.45) is 0 Å². The van der Waals surface area contributed by atoms with E-state index in [4.69, 9.17) is 21.3 Å². The van der Waals surface area contributed by atoms with Gasteiger partial charge in [0.1, 0.15) is 11.3 Å². The van der Waals surface area contributed by atoms with Crippen LogP contribution in [0.15, 0.2) is 71.6 Å². The normalized spacial score (nSPS) is 11.4. The Hall–Kier alpha value is -2.89. The van der Waals surface area contributed by atoms with Gasteiger partial charge in [-0.1, -0.05) is 55.0 Å². The topological polar surface area (TPSA) is 83.1 Å². The Morgan fingerprint density at radius 1 is 0.927 bits per heavy atom. The lowest BCUT2D eigenvalue weighted by Crippen LogP contribution is -2.39. The standard InChI is InChI=1S/C29H33ClN4O4S2.ClH/c1-5-32(6-2)19-20-33(29-31-26-25(38-4)18-17-24(30)27(26)39-29)28(35)21-13-15-23(16-14-21)40(36,37)34(7-3)22-11-9-8-10-12-22;/h8-18H,5-7,19-20H2,1-4H3;1H. The third kappa shape index (κ3) is 6.95. The summed E-state index contributed by atoms with van der Waals surface area (Å²) in [6.45, 7) is 8.95. The van der Waals surface area contributed by atoms with Crippen molar-refractivity contribution < 1.29 is 17.9 Å². The van der Waals surface area contributed by atoms with Crippen LogP contribution in [0, 0.1) is 0 Å². The Labute approximate surface area is 257 Å². The number of rotatable bonds is 12. The summed E-state index contributed by atoms with van der Waals surface area (Å²) in [5.41, 5.74) is 1.54. The molecule has 0 saturated carbocycles. The second kappa shape index (κ2) is 14.3. The Morgan fingerprint density at radius 2 is 1.59 bits per heavy atom. The van der Waals surface area contributed by atoms with Crippen molar-refractivity contribution in [3.63, 3.8) is 0 Å². The molecule has 12 heteroatoms. The van der Waals surface area contributed by atoms with Crippen molar-refractivity contribution >= 4 is 72.3 Å². The molecule has 220 valence electrons. The molecule has 0 spiro atoms. The minimum Gasteiger partial charge on any atom is -0.494 e. The Morgan fingerprint density at radius 3 is 2.17 bits per heavy atom. The summed E-state index contributed by atoms with van der Waals surface area (Å²) in [4.78, 5) is 22.6. The molecule has 1 aromatic heterocycles. The quantitative estimate of drug-likeness (QED) is 0.175. The second-order valence-corrected chi connectivity index (χ2v) is 12.2. The maximum Gasteiger partial charge on any atom is 0.264 e. The summed E-state index contributed by atoms with van der Waals surface area (Å²) in [5, 5.41) is 1.03. The van der Waals surface area contributed by atoms with E-state index in [1.54, 1.807) is 67.5 Å². The van der Waals surface area contributed by atoms with Crippen molar-refractivity contribution in [1.82, 2.24) is 9.88 Å². The molecular formula is C29H34Cl2N4O4S2. The van der Waals surface area contributed by atoms with Gasteiger partial charge in [-0.2, -0.15) is 0 Å². The first kappa shape index (κ1) is 32.6. The molecule has 0 aliphatic rings. The number of anilines is 2. The largest absolute Gasteiger partial charge is 0.494 e. The first-order valence-corrected chi connectivity index (χ1v) is 15.7. The van der Waals surface area contributed by atoms with Crippen LogP contribution >= 0.6 is 35.3 Å². The number of halogens is 2. The fraction of sp³-hybridized carbons (Fsp3) is 0.310. The highest BCUT2D eigenvalue weighted by Crippen LogP contribution is 2.39. The number of amides is 1. The first-order valence-electron chi connectivity index (χ1n) is 13.1. The molecule has 0 aliphatic carbocycles. The van der Waals surface area contributed by atoms with Gasteiger partial charge in [0.05, 0.1) is 27.4 Å². The SMILES string of the molecule is CCN(CC)CCN(C(=O)c1ccc(S(=O)(=O)N(CC)c2ccccc2)cc1)c1nc2c(OC)ccc(Cl)c2s1.Cl. The number of aromatic nitrogens is 1. The fourth-order valence-electron chi connectivity index (χ4n) is 4.42. The lowest BCUT2D eigenvalue weighted by atomic mass is 10.2. The minimum atomic E-state index is -3.81. The minimum absolute atomic E-state index is 0. The van der Waals surface area contributed by atoms with E-state index in [1.165, 1.54) is 27.8 Å². The van der Waals surface area contributed by atoms with Crippen LogP contribution in [0.5, 0.6) is 5.75 Å². The first-order chi connectivity index (χ1) is 19.2. The lowest BCUT2D eigenvalue weighted by molar-refractivity contribution is 0.0983. The summed E-state index contributed by atoms with van der Waals surface area (Å²) < 4.78 is 34.4. The molecule has 0 saturated heterocycles. The maximum absolute atomic E-state index is 13.9. The molecular weight excluding hydrogens is 603 g/mol. The van der Waals surface area contributed by atoms with Gasteiger partial charge >= 0.3 is 0 Å². The molecule has 1 amide bonds. The van der Waals surface area contributed by atoms with Crippen molar-refractivity contribution in [2.45, 2.75) is 25.7 Å². The van der Waals surface area contributed by atoms with Gasteiger partial charge in [0.25, 0.3) is 15.9 Å². The van der Waals surface area contributed by atoms with Crippen molar-refractivity contribution in [3.05, 3.63) is 77.3 Å². The summed E-state index contributed by atoms with van der Waals surface area (Å²) in [6, 6.07) is 18.5. The number of fused-ring (bicyclic) bond motifs is 1. The maximum atomic E-state index is 13.9. The van der Waals surface area contributed by atoms with Gasteiger partial charge in [0.2, 0.25) is 0 Å². The van der Waals surface area contributed by atoms with Crippen molar-refractivity contribution in [3.8, 4) is 5.75 Å². The monoisotopic (exact) mass is 636 g/mol. The number of sulfonamides is 1. The number of hydrogen-bond acceptors (Lipinski definition) is 7. The van der Waals surface area contributed by atoms with Crippen LogP contribution in [-0.2, 0) is 10.0 Å². The number of carbonyl (C=O) groups excluding carboxylic acids is 1. The van der Waals surface area contributed by atoms with Gasteiger partial charge < -0.3 is 9.64 Å². The van der Waals surface area contributed by atoms with Crippen LogP contribution in [0.2, 0.25) is 5.02 Å². The van der Waals surface area contributed by atoms with Gasteiger partial charge in [0.15, 0.2) is 5.13 Å². The van der Waals surface area contributed by atoms with Crippen LogP contribution in [0.4, 0.5) is 10.8 Å². The molecule has 0 fully saturated rings. The van der Waals surface area contributed by atoms with Crippen LogP contribution in [0.1, 0.15) is 31.1 Å². The predicted octanol–water partition coefficient (Wildman–Crippen LogP) is 6.58.